The number of rotatable bonds is 1. The molecule has 0 aromatic heterocycles. The SMILES string of the molecule is Nc1cc2c(cc1N1CCN3CCCC3C1)NC(=O)CC2. The summed E-state index contributed by atoms with van der Waals surface area (Å²) >= 11 is 0. The predicted molar refractivity (Wildman–Crippen MR) is 84.6 cm³/mol. The molecule has 3 N–H and O–H groups in total. The van der Waals surface area contributed by atoms with Crippen LogP contribution in [0.15, 0.2) is 12.1 Å². The molecular formula is C16H22N4O. The quantitative estimate of drug-likeness (QED) is 0.767. The van der Waals surface area contributed by atoms with Crippen molar-refractivity contribution in [2.24, 2.45) is 0 Å². The van der Waals surface area contributed by atoms with Crippen molar-refractivity contribution in [1.82, 2.24) is 4.90 Å². The van der Waals surface area contributed by atoms with E-state index in [-0.39, 0.29) is 5.91 Å². The lowest BCUT2D eigenvalue weighted by molar-refractivity contribution is -0.116. The van der Waals surface area contributed by atoms with Gasteiger partial charge in [-0.15, -0.1) is 0 Å². The van der Waals surface area contributed by atoms with Crippen molar-refractivity contribution in [3.8, 4) is 0 Å². The summed E-state index contributed by atoms with van der Waals surface area (Å²) in [7, 11) is 0. The van der Waals surface area contributed by atoms with Crippen LogP contribution in [0.4, 0.5) is 17.1 Å². The Balaban J connectivity index is 1.62. The maximum Gasteiger partial charge on any atom is 0.224 e. The molecule has 1 atom stereocenters. The van der Waals surface area contributed by atoms with Crippen LogP contribution in [0, 0.1) is 0 Å². The van der Waals surface area contributed by atoms with Gasteiger partial charge in [-0.2, -0.15) is 0 Å². The third kappa shape index (κ3) is 2.25. The topological polar surface area (TPSA) is 61.6 Å². The maximum atomic E-state index is 11.6. The van der Waals surface area contributed by atoms with Crippen LogP contribution in [0.3, 0.4) is 0 Å². The van der Waals surface area contributed by atoms with E-state index in [1.165, 1.54) is 19.4 Å². The molecule has 1 aromatic rings. The van der Waals surface area contributed by atoms with E-state index in [4.69, 9.17) is 5.73 Å². The molecule has 1 amide bonds. The molecule has 3 aliphatic heterocycles. The minimum absolute atomic E-state index is 0.110. The second-order valence-electron chi connectivity index (χ2n) is 6.39. The number of carbonyl (C=O) groups is 1. The van der Waals surface area contributed by atoms with Crippen molar-refractivity contribution >= 4 is 23.0 Å². The fourth-order valence-electron chi connectivity index (χ4n) is 3.92. The van der Waals surface area contributed by atoms with Gasteiger partial charge in [0.1, 0.15) is 0 Å². The number of carbonyl (C=O) groups excluding carboxylic acids is 1. The lowest BCUT2D eigenvalue weighted by Crippen LogP contribution is -2.50. The molecule has 2 fully saturated rings. The zero-order chi connectivity index (χ0) is 14.4. The fraction of sp³-hybridized carbons (Fsp3) is 0.562. The van der Waals surface area contributed by atoms with Crippen molar-refractivity contribution in [3.05, 3.63) is 17.7 Å². The van der Waals surface area contributed by atoms with Gasteiger partial charge < -0.3 is 16.0 Å². The number of fused-ring (bicyclic) bond motifs is 2. The van der Waals surface area contributed by atoms with Crippen LogP contribution in [0.1, 0.15) is 24.8 Å². The first kappa shape index (κ1) is 13.0. The van der Waals surface area contributed by atoms with Crippen LogP contribution in [0.2, 0.25) is 0 Å². The van der Waals surface area contributed by atoms with E-state index in [1.807, 2.05) is 6.07 Å². The molecule has 0 radical (unpaired) electrons. The predicted octanol–water partition coefficient (Wildman–Crippen LogP) is 1.44. The number of nitrogens with zero attached hydrogens (tertiary/aromatic N) is 2. The highest BCUT2D eigenvalue weighted by molar-refractivity contribution is 5.95. The average molecular weight is 286 g/mol. The molecule has 1 aromatic carbocycles. The van der Waals surface area contributed by atoms with Crippen LogP contribution in [0.25, 0.3) is 0 Å². The van der Waals surface area contributed by atoms with Crippen molar-refractivity contribution in [2.45, 2.75) is 31.7 Å². The lowest BCUT2D eigenvalue weighted by atomic mass is 10.0. The van der Waals surface area contributed by atoms with Gasteiger partial charge in [0.05, 0.1) is 11.4 Å². The first-order valence-corrected chi connectivity index (χ1v) is 7.92. The van der Waals surface area contributed by atoms with Gasteiger partial charge in [0.15, 0.2) is 0 Å². The van der Waals surface area contributed by atoms with Crippen LogP contribution in [0.5, 0.6) is 0 Å². The largest absolute Gasteiger partial charge is 0.397 e. The standard InChI is InChI=1S/C16H22N4O/c17-13-8-11-3-4-16(21)18-14(11)9-15(13)20-7-6-19-5-1-2-12(19)10-20/h8-9,12H,1-7,10,17H2,(H,18,21). The van der Waals surface area contributed by atoms with E-state index in [0.717, 1.165) is 48.7 Å². The number of nitrogens with one attached hydrogen (secondary N) is 1. The average Bonchev–Trinajstić information content (AvgIpc) is 2.94. The van der Waals surface area contributed by atoms with Gasteiger partial charge in [0.25, 0.3) is 0 Å². The van der Waals surface area contributed by atoms with Crippen molar-refractivity contribution in [2.75, 3.05) is 42.1 Å². The number of benzene rings is 1. The Labute approximate surface area is 125 Å². The fourth-order valence-corrected chi connectivity index (χ4v) is 3.92. The van der Waals surface area contributed by atoms with Crippen LogP contribution < -0.4 is 16.0 Å². The Morgan fingerprint density at radius 2 is 2.10 bits per heavy atom. The number of amides is 1. The summed E-state index contributed by atoms with van der Waals surface area (Å²) in [6, 6.07) is 4.79. The molecule has 0 saturated carbocycles. The van der Waals surface area contributed by atoms with Gasteiger partial charge in [-0.05, 0) is 43.5 Å². The third-order valence-electron chi connectivity index (χ3n) is 5.08. The third-order valence-corrected chi connectivity index (χ3v) is 5.08. The number of piperazine rings is 1. The first-order valence-electron chi connectivity index (χ1n) is 7.92. The van der Waals surface area contributed by atoms with E-state index in [2.05, 4.69) is 21.2 Å². The summed E-state index contributed by atoms with van der Waals surface area (Å²) in [5.74, 6) is 0.110. The van der Waals surface area contributed by atoms with Crippen LogP contribution >= 0.6 is 0 Å². The Hall–Kier alpha value is -1.75. The van der Waals surface area contributed by atoms with Gasteiger partial charge in [-0.3, -0.25) is 9.69 Å². The molecule has 1 unspecified atom stereocenters. The summed E-state index contributed by atoms with van der Waals surface area (Å²) < 4.78 is 0. The molecule has 0 bridgehead atoms. The molecule has 5 nitrogen and oxygen atoms in total. The van der Waals surface area contributed by atoms with Gasteiger partial charge >= 0.3 is 0 Å². The monoisotopic (exact) mass is 286 g/mol. The zero-order valence-corrected chi connectivity index (χ0v) is 12.3. The molecular weight excluding hydrogens is 264 g/mol. The Bertz CT molecular complexity index is 586. The smallest absolute Gasteiger partial charge is 0.224 e. The molecule has 21 heavy (non-hydrogen) atoms. The molecule has 3 heterocycles. The maximum absolute atomic E-state index is 11.6. The first-order chi connectivity index (χ1) is 10.2. The second-order valence-corrected chi connectivity index (χ2v) is 6.39. The summed E-state index contributed by atoms with van der Waals surface area (Å²) in [5, 5.41) is 2.98. The Morgan fingerprint density at radius 1 is 1.19 bits per heavy atom. The van der Waals surface area contributed by atoms with Crippen LogP contribution in [-0.4, -0.2) is 43.0 Å². The summed E-state index contributed by atoms with van der Waals surface area (Å²) in [4.78, 5) is 16.6. The number of nitrogens with two attached hydrogens (primary N) is 1. The van der Waals surface area contributed by atoms with Crippen LogP contribution in [-0.2, 0) is 11.2 Å². The highest BCUT2D eigenvalue weighted by atomic mass is 16.1. The van der Waals surface area contributed by atoms with Gasteiger partial charge in [-0.1, -0.05) is 0 Å². The Kier molecular flexibility index (Phi) is 3.03. The number of hydrogen-bond acceptors (Lipinski definition) is 4. The minimum atomic E-state index is 0.110. The van der Waals surface area contributed by atoms with E-state index in [0.29, 0.717) is 12.5 Å². The molecule has 5 heteroatoms. The van der Waals surface area contributed by atoms with E-state index < -0.39 is 0 Å². The highest BCUT2D eigenvalue weighted by Crippen LogP contribution is 2.35. The van der Waals surface area contributed by atoms with Crippen molar-refractivity contribution in [3.63, 3.8) is 0 Å². The molecule has 2 saturated heterocycles. The lowest BCUT2D eigenvalue weighted by Gasteiger charge is -2.39. The molecule has 112 valence electrons. The van der Waals surface area contributed by atoms with E-state index in [9.17, 15) is 4.79 Å². The van der Waals surface area contributed by atoms with Gasteiger partial charge in [0, 0.05) is 37.8 Å². The van der Waals surface area contributed by atoms with E-state index in [1.54, 1.807) is 0 Å². The zero-order valence-electron chi connectivity index (χ0n) is 12.3. The number of anilines is 3. The molecule has 0 aliphatic carbocycles. The normalized spacial score (nSPS) is 25.4. The second kappa shape index (κ2) is 4.91. The van der Waals surface area contributed by atoms with E-state index >= 15 is 0 Å². The summed E-state index contributed by atoms with van der Waals surface area (Å²) in [5.41, 5.74) is 10.3. The Morgan fingerprint density at radius 3 is 3.00 bits per heavy atom. The summed E-state index contributed by atoms with van der Waals surface area (Å²) in [6.07, 6.45) is 3.96. The molecule has 3 aliphatic rings. The molecule has 0 spiro atoms. The van der Waals surface area contributed by atoms with Gasteiger partial charge in [-0.25, -0.2) is 0 Å². The number of hydrogen-bond donors (Lipinski definition) is 2. The minimum Gasteiger partial charge on any atom is -0.397 e. The van der Waals surface area contributed by atoms with Gasteiger partial charge in [0.2, 0.25) is 5.91 Å². The highest BCUT2D eigenvalue weighted by Gasteiger charge is 2.31. The number of nitrogen functional groups attached to an aromatic ring is 1. The van der Waals surface area contributed by atoms with Crippen molar-refractivity contribution < 1.29 is 4.79 Å². The molecule has 4 rings (SSSR count). The number of aryl methyl sites for hydroxylation is 1. The summed E-state index contributed by atoms with van der Waals surface area (Å²) in [6.45, 7) is 4.44. The van der Waals surface area contributed by atoms with Crippen molar-refractivity contribution in [1.29, 1.82) is 0 Å².